The summed E-state index contributed by atoms with van der Waals surface area (Å²) in [5.74, 6) is 0.430. The van der Waals surface area contributed by atoms with Crippen LogP contribution in [0.15, 0.2) is 59.5 Å². The highest BCUT2D eigenvalue weighted by atomic mass is 35.5. The summed E-state index contributed by atoms with van der Waals surface area (Å²) < 4.78 is 6.99. The second-order valence-corrected chi connectivity index (χ2v) is 8.68. The molecule has 1 amide bonds. The molecule has 0 aliphatic carbocycles. The van der Waals surface area contributed by atoms with Crippen LogP contribution in [0.5, 0.6) is 5.75 Å². The van der Waals surface area contributed by atoms with Crippen LogP contribution in [0.3, 0.4) is 0 Å². The van der Waals surface area contributed by atoms with Gasteiger partial charge in [-0.1, -0.05) is 11.6 Å². The smallest absolute Gasteiger partial charge is 0.251 e. The number of rotatable bonds is 7. The summed E-state index contributed by atoms with van der Waals surface area (Å²) in [6.45, 7) is 5.32. The van der Waals surface area contributed by atoms with Crippen molar-refractivity contribution in [2.24, 2.45) is 0 Å². The Labute approximate surface area is 225 Å². The van der Waals surface area contributed by atoms with Gasteiger partial charge in [0.15, 0.2) is 12.1 Å². The summed E-state index contributed by atoms with van der Waals surface area (Å²) in [6, 6.07) is 13.6. The van der Waals surface area contributed by atoms with E-state index in [4.69, 9.17) is 21.4 Å². The van der Waals surface area contributed by atoms with Gasteiger partial charge in [-0.15, -0.1) is 0 Å². The van der Waals surface area contributed by atoms with Gasteiger partial charge in [0.05, 0.1) is 19.0 Å². The number of Topliss-reactive ketones (excluding diaryl/α,β-unsaturated/α-hetero) is 1. The number of aliphatic hydroxyl groups is 1. The monoisotopic (exact) mass is 539 g/mol. The van der Waals surface area contributed by atoms with Crippen molar-refractivity contribution in [2.75, 3.05) is 19.5 Å². The lowest BCUT2D eigenvalue weighted by molar-refractivity contribution is -0.105. The van der Waals surface area contributed by atoms with Crippen molar-refractivity contribution in [3.05, 3.63) is 81.4 Å². The van der Waals surface area contributed by atoms with Crippen LogP contribution >= 0.6 is 11.6 Å². The van der Waals surface area contributed by atoms with Gasteiger partial charge in [0.2, 0.25) is 6.41 Å². The molecule has 0 fully saturated rings. The van der Waals surface area contributed by atoms with Crippen LogP contribution < -0.4 is 15.6 Å². The predicted octanol–water partition coefficient (Wildman–Crippen LogP) is 5.12. The summed E-state index contributed by atoms with van der Waals surface area (Å²) >= 11 is 6.05. The molecule has 0 bridgehead atoms. The fraction of sp³-hybridized carbons (Fsp3) is 0.214. The number of carbonyl (C=O) groups is 3. The first kappa shape index (κ1) is 30.0. The summed E-state index contributed by atoms with van der Waals surface area (Å²) in [6.07, 6.45) is 3.04. The molecular weight excluding hydrogens is 510 g/mol. The van der Waals surface area contributed by atoms with E-state index in [1.54, 1.807) is 47.2 Å². The minimum absolute atomic E-state index is 0.0158. The zero-order chi connectivity index (χ0) is 28.4. The van der Waals surface area contributed by atoms with E-state index in [1.165, 1.54) is 20.1 Å². The van der Waals surface area contributed by atoms with Crippen LogP contribution in [0, 0.1) is 0 Å². The molecule has 0 aliphatic heterocycles. The maximum absolute atomic E-state index is 12.3. The number of aromatic amines is 1. The number of methoxy groups -OCH3 is 1. The third-order valence-corrected chi connectivity index (χ3v) is 5.70. The average Bonchev–Trinajstić information content (AvgIpc) is 3.32. The second kappa shape index (κ2) is 13.9. The zero-order valence-corrected chi connectivity index (χ0v) is 22.5. The zero-order valence-electron chi connectivity index (χ0n) is 21.7. The lowest BCUT2D eigenvalue weighted by atomic mass is 9.97. The number of H-pyrrole nitrogens is 1. The molecular formula is C28H30ClN3O6. The molecule has 4 aromatic rings. The normalized spacial score (nSPS) is 10.1. The number of ether oxygens (including phenoxy) is 1. The van der Waals surface area contributed by atoms with Gasteiger partial charge in [-0.05, 0) is 68.8 Å². The highest BCUT2D eigenvalue weighted by molar-refractivity contribution is 6.31. The van der Waals surface area contributed by atoms with Crippen molar-refractivity contribution in [1.29, 1.82) is 0 Å². The Bertz CT molecular complexity index is 1490. The summed E-state index contributed by atoms with van der Waals surface area (Å²) in [4.78, 5) is 47.7. The average molecular weight is 540 g/mol. The summed E-state index contributed by atoms with van der Waals surface area (Å²) in [5, 5.41) is 10.9. The van der Waals surface area contributed by atoms with E-state index in [-0.39, 0.29) is 17.4 Å². The highest BCUT2D eigenvalue weighted by Crippen LogP contribution is 2.33. The van der Waals surface area contributed by atoms with Crippen molar-refractivity contribution in [2.45, 2.75) is 26.8 Å². The van der Waals surface area contributed by atoms with E-state index in [1.807, 2.05) is 19.9 Å². The van der Waals surface area contributed by atoms with E-state index in [9.17, 15) is 19.2 Å². The summed E-state index contributed by atoms with van der Waals surface area (Å²) in [5.41, 5.74) is 3.64. The molecule has 0 aliphatic rings. The fourth-order valence-electron chi connectivity index (χ4n) is 3.73. The molecule has 9 nitrogen and oxygen atoms in total. The molecule has 2 aromatic carbocycles. The number of aldehydes is 1. The summed E-state index contributed by atoms with van der Waals surface area (Å²) in [7, 11) is 2.53. The SMILES string of the molecule is CO.COc1cn(C(C)C)c(=O)cc1-c1cc(Cl)ccc1C(C)=O.O=CNc1ccc2[nH]c(C=O)cc2c1. The number of anilines is 1. The standard InChI is InChI=1S/C17H18ClNO3.C10H8N2O2.CH4O/c1-10(2)19-9-16(22-4)15(8-17(19)21)14-7-12(18)5-6-13(14)11(3)20;13-5-9-4-7-3-8(11-6-14)1-2-10(7)12-9;1-2/h5-10H,1-4H3;1-6,12H,(H,11,14);2H,1H3. The molecule has 38 heavy (non-hydrogen) atoms. The van der Waals surface area contributed by atoms with Gasteiger partial charge in [0.25, 0.3) is 5.56 Å². The molecule has 0 radical (unpaired) electrons. The molecule has 0 unspecified atom stereocenters. The molecule has 4 rings (SSSR count). The molecule has 10 heteroatoms. The van der Waals surface area contributed by atoms with Crippen LogP contribution in [0.25, 0.3) is 22.0 Å². The first-order valence-electron chi connectivity index (χ1n) is 11.5. The van der Waals surface area contributed by atoms with Gasteiger partial charge in [-0.3, -0.25) is 19.2 Å². The van der Waals surface area contributed by atoms with Crippen LogP contribution in [-0.4, -0.2) is 47.4 Å². The number of amides is 1. The van der Waals surface area contributed by atoms with Crippen molar-refractivity contribution in [1.82, 2.24) is 9.55 Å². The van der Waals surface area contributed by atoms with Gasteiger partial charge in [-0.2, -0.15) is 0 Å². The van der Waals surface area contributed by atoms with Gasteiger partial charge >= 0.3 is 0 Å². The lowest BCUT2D eigenvalue weighted by Gasteiger charge is -2.16. The van der Waals surface area contributed by atoms with Crippen LogP contribution in [0.2, 0.25) is 5.02 Å². The molecule has 2 heterocycles. The van der Waals surface area contributed by atoms with Gasteiger partial charge in [0.1, 0.15) is 5.75 Å². The van der Waals surface area contributed by atoms with Crippen molar-refractivity contribution in [3.63, 3.8) is 0 Å². The molecule has 0 saturated heterocycles. The highest BCUT2D eigenvalue weighted by Gasteiger charge is 2.16. The Morgan fingerprint density at radius 2 is 1.79 bits per heavy atom. The van der Waals surface area contributed by atoms with E-state index in [0.29, 0.717) is 45.3 Å². The van der Waals surface area contributed by atoms with Gasteiger partial charge in [0, 0.05) is 52.0 Å². The number of hydrogen-bond donors (Lipinski definition) is 3. The molecule has 0 atom stereocenters. The minimum atomic E-state index is -0.153. The van der Waals surface area contributed by atoms with E-state index < -0.39 is 0 Å². The van der Waals surface area contributed by atoms with Crippen molar-refractivity contribution in [3.8, 4) is 16.9 Å². The fourth-order valence-corrected chi connectivity index (χ4v) is 3.90. The maximum Gasteiger partial charge on any atom is 0.251 e. The third kappa shape index (κ3) is 7.18. The van der Waals surface area contributed by atoms with E-state index >= 15 is 0 Å². The molecule has 2 aromatic heterocycles. The third-order valence-electron chi connectivity index (χ3n) is 5.47. The molecule has 3 N–H and O–H groups in total. The Morgan fingerprint density at radius 1 is 1.08 bits per heavy atom. The molecule has 0 saturated carbocycles. The second-order valence-electron chi connectivity index (χ2n) is 8.25. The number of benzene rings is 2. The van der Waals surface area contributed by atoms with Gasteiger partial charge in [-0.25, -0.2) is 0 Å². The number of nitrogens with one attached hydrogen (secondary N) is 2. The van der Waals surface area contributed by atoms with Gasteiger partial charge < -0.3 is 24.7 Å². The predicted molar refractivity (Wildman–Crippen MR) is 150 cm³/mol. The van der Waals surface area contributed by atoms with Crippen LogP contribution in [0.4, 0.5) is 5.69 Å². The number of pyridine rings is 1. The number of nitrogens with zero attached hydrogens (tertiary/aromatic N) is 1. The van der Waals surface area contributed by atoms with E-state index in [2.05, 4.69) is 10.3 Å². The maximum atomic E-state index is 12.3. The first-order valence-corrected chi connectivity index (χ1v) is 11.9. The van der Waals surface area contributed by atoms with Crippen molar-refractivity contribution < 1.29 is 24.2 Å². The Balaban J connectivity index is 0.000000272. The Kier molecular flexibility index (Phi) is 11.0. The minimum Gasteiger partial charge on any atom is -0.495 e. The van der Waals surface area contributed by atoms with E-state index in [0.717, 1.165) is 24.3 Å². The largest absolute Gasteiger partial charge is 0.495 e. The number of carbonyl (C=O) groups excluding carboxylic acids is 3. The number of hydrogen-bond acceptors (Lipinski definition) is 6. The van der Waals surface area contributed by atoms with Crippen LogP contribution in [-0.2, 0) is 4.79 Å². The number of halogens is 1. The molecule has 0 spiro atoms. The number of ketones is 1. The number of aromatic nitrogens is 2. The van der Waals surface area contributed by atoms with Crippen LogP contribution in [0.1, 0.15) is 47.7 Å². The first-order chi connectivity index (χ1) is 18.2. The molecule has 200 valence electrons. The Hall–Kier alpha value is -4.21. The Morgan fingerprint density at radius 3 is 2.37 bits per heavy atom. The number of fused-ring (bicyclic) bond motifs is 1. The lowest BCUT2D eigenvalue weighted by Crippen LogP contribution is -2.21. The number of aliphatic hydroxyl groups excluding tert-OH is 1. The quantitative estimate of drug-likeness (QED) is 0.221. The topological polar surface area (TPSA) is 130 Å². The van der Waals surface area contributed by atoms with Crippen molar-refractivity contribution >= 4 is 46.7 Å².